The van der Waals surface area contributed by atoms with Gasteiger partial charge in [0.25, 0.3) is 0 Å². The average Bonchev–Trinajstić information content (AvgIpc) is 3.02. The van der Waals surface area contributed by atoms with Crippen LogP contribution in [0.15, 0.2) is 18.2 Å². The molecule has 0 radical (unpaired) electrons. The summed E-state index contributed by atoms with van der Waals surface area (Å²) in [6.07, 6.45) is -1.07. The molecule has 0 unspecified atom stereocenters. The Kier molecular flexibility index (Phi) is 7.14. The fourth-order valence-corrected chi connectivity index (χ4v) is 4.08. The zero-order valence-electron chi connectivity index (χ0n) is 18.6. The molecule has 0 saturated carbocycles. The van der Waals surface area contributed by atoms with Crippen LogP contribution in [0.4, 0.5) is 25.4 Å². The Morgan fingerprint density at radius 2 is 1.97 bits per heavy atom. The smallest absolute Gasteiger partial charge is 0.414 e. The zero-order chi connectivity index (χ0) is 23.4. The summed E-state index contributed by atoms with van der Waals surface area (Å²) in [7, 11) is 0. The first-order chi connectivity index (χ1) is 15.9. The molecule has 2 N–H and O–H groups in total. The van der Waals surface area contributed by atoms with E-state index in [4.69, 9.17) is 9.47 Å². The van der Waals surface area contributed by atoms with E-state index in [-0.39, 0.29) is 25.0 Å². The van der Waals surface area contributed by atoms with Gasteiger partial charge in [-0.3, -0.25) is 14.7 Å². The van der Waals surface area contributed by atoms with Crippen LogP contribution in [0.3, 0.4) is 0 Å². The van der Waals surface area contributed by atoms with Crippen molar-refractivity contribution >= 4 is 29.4 Å². The third kappa shape index (κ3) is 5.45. The maximum atomic E-state index is 15.0. The van der Waals surface area contributed by atoms with Crippen LogP contribution in [-0.4, -0.2) is 99.6 Å². The highest BCUT2D eigenvalue weighted by Crippen LogP contribution is 2.28. The van der Waals surface area contributed by atoms with Gasteiger partial charge in [0.1, 0.15) is 11.9 Å². The van der Waals surface area contributed by atoms with Crippen LogP contribution in [0.1, 0.15) is 6.92 Å². The van der Waals surface area contributed by atoms with E-state index in [0.717, 1.165) is 0 Å². The van der Waals surface area contributed by atoms with E-state index in [1.54, 1.807) is 22.0 Å². The summed E-state index contributed by atoms with van der Waals surface area (Å²) in [6, 6.07) is 4.53. The Morgan fingerprint density at radius 3 is 2.70 bits per heavy atom. The van der Waals surface area contributed by atoms with Gasteiger partial charge in [-0.25, -0.2) is 19.4 Å². The number of carbonyl (C=O) groups excluding carboxylic acids is 3. The molecule has 12 heteroatoms. The van der Waals surface area contributed by atoms with E-state index in [1.165, 1.54) is 17.9 Å². The highest BCUT2D eigenvalue weighted by Gasteiger charge is 2.33. The molecule has 3 aliphatic rings. The number of hydrogen-bond donors (Lipinski definition) is 2. The van der Waals surface area contributed by atoms with Gasteiger partial charge >= 0.3 is 12.1 Å². The first kappa shape index (κ1) is 23.1. The summed E-state index contributed by atoms with van der Waals surface area (Å²) < 4.78 is 25.6. The van der Waals surface area contributed by atoms with Crippen molar-refractivity contribution < 1.29 is 28.2 Å². The number of benzene rings is 1. The van der Waals surface area contributed by atoms with E-state index in [9.17, 15) is 14.4 Å². The predicted octanol–water partition coefficient (Wildman–Crippen LogP) is 0.366. The number of morpholine rings is 1. The number of carbonyl (C=O) groups is 3. The molecule has 11 nitrogen and oxygen atoms in total. The third-order valence-corrected chi connectivity index (χ3v) is 5.83. The number of nitrogens with zero attached hydrogens (tertiary/aromatic N) is 4. The monoisotopic (exact) mass is 464 g/mol. The lowest BCUT2D eigenvalue weighted by molar-refractivity contribution is -0.119. The fraction of sp³-hybridized carbons (Fsp3) is 0.571. The molecule has 0 spiro atoms. The molecule has 0 aliphatic carbocycles. The van der Waals surface area contributed by atoms with Crippen LogP contribution < -0.4 is 20.5 Å². The van der Waals surface area contributed by atoms with Crippen LogP contribution in [0, 0.1) is 5.82 Å². The summed E-state index contributed by atoms with van der Waals surface area (Å²) in [5, 5.41) is 4.19. The number of hydrazine groups is 1. The molecule has 1 aromatic rings. The second-order valence-corrected chi connectivity index (χ2v) is 8.12. The van der Waals surface area contributed by atoms with Crippen molar-refractivity contribution in [1.82, 2.24) is 20.7 Å². The number of anilines is 2. The lowest BCUT2D eigenvalue weighted by Crippen LogP contribution is -2.53. The van der Waals surface area contributed by atoms with Gasteiger partial charge in [-0.05, 0) is 18.2 Å². The first-order valence-electron chi connectivity index (χ1n) is 11.1. The van der Waals surface area contributed by atoms with Gasteiger partial charge < -0.3 is 24.6 Å². The fourth-order valence-electron chi connectivity index (χ4n) is 4.08. The quantitative estimate of drug-likeness (QED) is 0.663. The van der Waals surface area contributed by atoms with Crippen LogP contribution >= 0.6 is 0 Å². The van der Waals surface area contributed by atoms with Crippen molar-refractivity contribution in [2.45, 2.75) is 13.0 Å². The van der Waals surface area contributed by atoms with Crippen molar-refractivity contribution in [1.29, 1.82) is 0 Å². The molecule has 180 valence electrons. The first-order valence-corrected chi connectivity index (χ1v) is 11.1. The Labute approximate surface area is 191 Å². The summed E-state index contributed by atoms with van der Waals surface area (Å²) in [5.74, 6) is -0.671. The van der Waals surface area contributed by atoms with Crippen molar-refractivity contribution in [3.63, 3.8) is 0 Å². The molecular weight excluding hydrogens is 435 g/mol. The van der Waals surface area contributed by atoms with Gasteiger partial charge in [0.05, 0.1) is 44.2 Å². The number of cyclic esters (lactones) is 1. The number of nitrogens with one attached hydrogen (secondary N) is 2. The molecule has 4 rings (SSSR count). The molecule has 1 aromatic carbocycles. The topological polar surface area (TPSA) is 107 Å². The summed E-state index contributed by atoms with van der Waals surface area (Å²) in [4.78, 5) is 41.0. The molecule has 0 bridgehead atoms. The summed E-state index contributed by atoms with van der Waals surface area (Å²) in [6.45, 7) is 5.87. The lowest BCUT2D eigenvalue weighted by Gasteiger charge is -2.32. The number of ether oxygens (including phenoxy) is 2. The standard InChI is InChI=1S/C21H29FN6O5/c1-15(29)23-13-17-14-27(21(31)33-17)16-2-3-19(18(22)12-16)25-5-4-24-28(7-6-25)20(30)26-8-10-32-11-9-26/h2-3,12,17,24H,4-11,13-14H2,1H3,(H,23,29)/t17-/m0/s1. The van der Waals surface area contributed by atoms with Crippen LogP contribution in [0.25, 0.3) is 0 Å². The van der Waals surface area contributed by atoms with Crippen LogP contribution in [0.5, 0.6) is 0 Å². The van der Waals surface area contributed by atoms with Gasteiger partial charge in [-0.1, -0.05) is 0 Å². The number of amides is 4. The molecule has 0 aromatic heterocycles. The molecule has 3 heterocycles. The summed E-state index contributed by atoms with van der Waals surface area (Å²) in [5.41, 5.74) is 3.92. The van der Waals surface area contributed by atoms with Crippen molar-refractivity contribution in [3.8, 4) is 0 Å². The number of rotatable bonds is 4. The Hall–Kier alpha value is -3.12. The molecule has 33 heavy (non-hydrogen) atoms. The van der Waals surface area contributed by atoms with E-state index < -0.39 is 18.0 Å². The number of hydrogen-bond acceptors (Lipinski definition) is 7. The Bertz CT molecular complexity index is 896. The van der Waals surface area contributed by atoms with Crippen molar-refractivity contribution in [3.05, 3.63) is 24.0 Å². The minimum absolute atomic E-state index is 0.0997. The molecule has 3 saturated heterocycles. The minimum atomic E-state index is -0.575. The van der Waals surface area contributed by atoms with E-state index in [1.807, 2.05) is 4.90 Å². The maximum Gasteiger partial charge on any atom is 0.414 e. The molecular formula is C21H29FN6O5. The van der Waals surface area contributed by atoms with Gasteiger partial charge in [0.15, 0.2) is 0 Å². The van der Waals surface area contributed by atoms with Crippen molar-refractivity contribution in [2.24, 2.45) is 0 Å². The Morgan fingerprint density at radius 1 is 1.18 bits per heavy atom. The third-order valence-electron chi connectivity index (χ3n) is 5.83. The molecule has 3 fully saturated rings. The SMILES string of the molecule is CC(=O)NC[C@H]1CN(c2ccc(N3CCNN(C(=O)N4CCOCC4)CC3)c(F)c2)C(=O)O1. The normalized spacial score (nSPS) is 21.6. The molecule has 4 amide bonds. The van der Waals surface area contributed by atoms with E-state index in [0.29, 0.717) is 63.9 Å². The highest BCUT2D eigenvalue weighted by molar-refractivity contribution is 5.90. The van der Waals surface area contributed by atoms with Crippen LogP contribution in [0.2, 0.25) is 0 Å². The number of urea groups is 1. The van der Waals surface area contributed by atoms with Gasteiger partial charge in [0.2, 0.25) is 5.91 Å². The zero-order valence-corrected chi connectivity index (χ0v) is 18.6. The largest absolute Gasteiger partial charge is 0.442 e. The molecule has 3 aliphatic heterocycles. The Balaban J connectivity index is 1.37. The average molecular weight is 464 g/mol. The van der Waals surface area contributed by atoms with Gasteiger partial charge in [-0.15, -0.1) is 0 Å². The lowest BCUT2D eigenvalue weighted by atomic mass is 10.2. The number of halogens is 1. The van der Waals surface area contributed by atoms with Crippen LogP contribution in [-0.2, 0) is 14.3 Å². The minimum Gasteiger partial charge on any atom is -0.442 e. The second kappa shape index (κ2) is 10.2. The van der Waals surface area contributed by atoms with E-state index >= 15 is 4.39 Å². The van der Waals surface area contributed by atoms with Gasteiger partial charge in [0, 0.05) is 39.6 Å². The maximum absolute atomic E-state index is 15.0. The summed E-state index contributed by atoms with van der Waals surface area (Å²) >= 11 is 0. The molecule has 1 atom stereocenters. The predicted molar refractivity (Wildman–Crippen MR) is 117 cm³/mol. The van der Waals surface area contributed by atoms with Crippen molar-refractivity contribution in [2.75, 3.05) is 75.4 Å². The van der Waals surface area contributed by atoms with Gasteiger partial charge in [-0.2, -0.15) is 0 Å². The highest BCUT2D eigenvalue weighted by atomic mass is 19.1. The second-order valence-electron chi connectivity index (χ2n) is 8.12. The van der Waals surface area contributed by atoms with E-state index in [2.05, 4.69) is 10.7 Å².